The van der Waals surface area contributed by atoms with Crippen molar-refractivity contribution in [3.63, 3.8) is 0 Å². The van der Waals surface area contributed by atoms with Gasteiger partial charge in [0.25, 0.3) is 5.91 Å². The van der Waals surface area contributed by atoms with Crippen molar-refractivity contribution >= 4 is 27.3 Å². The summed E-state index contributed by atoms with van der Waals surface area (Å²) in [6.45, 7) is 1.83. The molecule has 2 atom stereocenters. The second kappa shape index (κ2) is 7.53. The Hall–Kier alpha value is -2.28. The van der Waals surface area contributed by atoms with Crippen LogP contribution in [-0.2, 0) is 4.74 Å². The Labute approximate surface area is 143 Å². The van der Waals surface area contributed by atoms with Crippen LogP contribution < -0.4 is 5.32 Å². The lowest BCUT2D eigenvalue weighted by Gasteiger charge is -2.18. The zero-order chi connectivity index (χ0) is 16.9. The molecule has 2 aromatic heterocycles. The molecule has 2 N–H and O–H groups in total. The van der Waals surface area contributed by atoms with E-state index in [0.717, 1.165) is 10.9 Å². The second-order valence-corrected chi connectivity index (χ2v) is 6.37. The summed E-state index contributed by atoms with van der Waals surface area (Å²) < 4.78 is 6.73. The number of rotatable bonds is 6. The molecule has 3 rings (SSSR count). The molecule has 124 valence electrons. The van der Waals surface area contributed by atoms with Crippen molar-refractivity contribution in [2.45, 2.75) is 19.3 Å². The summed E-state index contributed by atoms with van der Waals surface area (Å²) in [6, 6.07) is 11.2. The number of carbonyl (C=O) groups excluding carboxylic acids is 1. The van der Waals surface area contributed by atoms with Crippen molar-refractivity contribution in [3.05, 3.63) is 65.3 Å². The fourth-order valence-corrected chi connectivity index (χ4v) is 3.10. The van der Waals surface area contributed by atoms with Gasteiger partial charge in [-0.2, -0.15) is 0 Å². The van der Waals surface area contributed by atoms with E-state index < -0.39 is 12.3 Å². The van der Waals surface area contributed by atoms with Crippen molar-refractivity contribution in [2.24, 2.45) is 0 Å². The van der Waals surface area contributed by atoms with Gasteiger partial charge in [0.05, 0.1) is 12.2 Å². The fourth-order valence-electron chi connectivity index (χ4n) is 2.33. The Bertz CT molecular complexity index is 819. The van der Waals surface area contributed by atoms with Crippen molar-refractivity contribution in [2.75, 3.05) is 6.61 Å². The highest BCUT2D eigenvalue weighted by atomic mass is 32.1. The third-order valence-corrected chi connectivity index (χ3v) is 4.52. The number of carbonyl (C=O) groups is 1. The van der Waals surface area contributed by atoms with Crippen LogP contribution in [0, 0.1) is 0 Å². The molecule has 0 aliphatic carbocycles. The molecule has 0 fully saturated rings. The first kappa shape index (κ1) is 16.6. The van der Waals surface area contributed by atoms with Crippen LogP contribution in [0.1, 0.15) is 28.9 Å². The number of nitrogens with zero attached hydrogens (tertiary/aromatic N) is 1. The van der Waals surface area contributed by atoms with E-state index in [1.807, 2.05) is 29.6 Å². The van der Waals surface area contributed by atoms with Crippen molar-refractivity contribution in [1.29, 1.82) is 0 Å². The van der Waals surface area contributed by atoms with Crippen LogP contribution in [-0.4, -0.2) is 28.8 Å². The predicted octanol–water partition coefficient (Wildman–Crippen LogP) is 3.12. The number of aromatic nitrogens is 1. The first-order valence-electron chi connectivity index (χ1n) is 7.61. The minimum absolute atomic E-state index is 0.101. The predicted molar refractivity (Wildman–Crippen MR) is 93.9 cm³/mol. The van der Waals surface area contributed by atoms with Crippen LogP contribution in [0.3, 0.4) is 0 Å². The SMILES string of the molecule is C[C@H](NC(=O)c1cccnc1)OC[C@H](O)c1ccc2sccc2c1. The molecular weight excluding hydrogens is 324 g/mol. The van der Waals surface area contributed by atoms with E-state index in [2.05, 4.69) is 10.3 Å². The average molecular weight is 342 g/mol. The molecule has 2 heterocycles. The molecule has 24 heavy (non-hydrogen) atoms. The molecule has 6 heteroatoms. The Morgan fingerprint density at radius 1 is 1.38 bits per heavy atom. The molecule has 0 aliphatic heterocycles. The largest absolute Gasteiger partial charge is 0.386 e. The van der Waals surface area contributed by atoms with Crippen molar-refractivity contribution in [1.82, 2.24) is 10.3 Å². The van der Waals surface area contributed by atoms with E-state index in [9.17, 15) is 9.90 Å². The molecule has 5 nitrogen and oxygen atoms in total. The van der Waals surface area contributed by atoms with Gasteiger partial charge in [0.2, 0.25) is 0 Å². The molecule has 3 aromatic rings. The number of aliphatic hydroxyl groups excluding tert-OH is 1. The van der Waals surface area contributed by atoms with Gasteiger partial charge in [-0.15, -0.1) is 11.3 Å². The van der Waals surface area contributed by atoms with E-state index in [4.69, 9.17) is 4.74 Å². The van der Waals surface area contributed by atoms with E-state index in [0.29, 0.717) is 5.56 Å². The van der Waals surface area contributed by atoms with Crippen LogP contribution in [0.4, 0.5) is 0 Å². The van der Waals surface area contributed by atoms with Gasteiger partial charge in [0, 0.05) is 17.1 Å². The topological polar surface area (TPSA) is 71.5 Å². The van der Waals surface area contributed by atoms with Gasteiger partial charge in [-0.1, -0.05) is 6.07 Å². The maximum absolute atomic E-state index is 12.0. The molecule has 1 amide bonds. The first-order valence-corrected chi connectivity index (χ1v) is 8.49. The van der Waals surface area contributed by atoms with Crippen molar-refractivity contribution < 1.29 is 14.6 Å². The lowest BCUT2D eigenvalue weighted by atomic mass is 10.1. The van der Waals surface area contributed by atoms with Crippen LogP contribution in [0.25, 0.3) is 10.1 Å². The summed E-state index contributed by atoms with van der Waals surface area (Å²) in [6.07, 6.45) is 1.84. The van der Waals surface area contributed by atoms with Gasteiger partial charge in [-0.25, -0.2) is 0 Å². The smallest absolute Gasteiger partial charge is 0.254 e. The zero-order valence-electron chi connectivity index (χ0n) is 13.2. The molecule has 0 saturated heterocycles. The number of benzene rings is 1. The third kappa shape index (κ3) is 3.97. The summed E-state index contributed by atoms with van der Waals surface area (Å²) in [5.41, 5.74) is 1.27. The summed E-state index contributed by atoms with van der Waals surface area (Å²) in [4.78, 5) is 15.9. The summed E-state index contributed by atoms with van der Waals surface area (Å²) in [5, 5.41) is 16.1. The highest BCUT2D eigenvalue weighted by Crippen LogP contribution is 2.24. The van der Waals surface area contributed by atoms with Gasteiger partial charge in [0.1, 0.15) is 12.3 Å². The summed E-state index contributed by atoms with van der Waals surface area (Å²) >= 11 is 1.67. The lowest BCUT2D eigenvalue weighted by molar-refractivity contribution is -0.0141. The molecule has 0 aliphatic rings. The van der Waals surface area contributed by atoms with E-state index in [1.165, 1.54) is 10.9 Å². The number of amides is 1. The van der Waals surface area contributed by atoms with Crippen LogP contribution >= 0.6 is 11.3 Å². The Kier molecular flexibility index (Phi) is 5.20. The Balaban J connectivity index is 1.53. The molecule has 0 unspecified atom stereocenters. The molecule has 0 radical (unpaired) electrons. The van der Waals surface area contributed by atoms with Gasteiger partial charge >= 0.3 is 0 Å². The van der Waals surface area contributed by atoms with Gasteiger partial charge in [-0.3, -0.25) is 9.78 Å². The first-order chi connectivity index (χ1) is 11.6. The molecule has 0 spiro atoms. The number of pyridine rings is 1. The van der Waals surface area contributed by atoms with E-state index in [1.54, 1.807) is 36.6 Å². The maximum atomic E-state index is 12.0. The summed E-state index contributed by atoms with van der Waals surface area (Å²) in [5.74, 6) is -0.259. The third-order valence-electron chi connectivity index (χ3n) is 3.62. The minimum atomic E-state index is -0.743. The zero-order valence-corrected chi connectivity index (χ0v) is 14.0. The number of nitrogens with one attached hydrogen (secondary N) is 1. The number of thiophene rings is 1. The highest BCUT2D eigenvalue weighted by molar-refractivity contribution is 7.17. The van der Waals surface area contributed by atoms with E-state index >= 15 is 0 Å². The number of hydrogen-bond donors (Lipinski definition) is 2. The maximum Gasteiger partial charge on any atom is 0.254 e. The number of hydrogen-bond acceptors (Lipinski definition) is 5. The second-order valence-electron chi connectivity index (χ2n) is 5.42. The molecular formula is C18H18N2O3S. The normalized spacial score (nSPS) is 13.6. The Morgan fingerprint density at radius 2 is 2.25 bits per heavy atom. The quantitative estimate of drug-likeness (QED) is 0.675. The van der Waals surface area contributed by atoms with Crippen LogP contribution in [0.5, 0.6) is 0 Å². The minimum Gasteiger partial charge on any atom is -0.386 e. The number of fused-ring (bicyclic) bond motifs is 1. The average Bonchev–Trinajstić information content (AvgIpc) is 3.08. The monoisotopic (exact) mass is 342 g/mol. The van der Waals surface area contributed by atoms with Crippen molar-refractivity contribution in [3.8, 4) is 0 Å². The van der Waals surface area contributed by atoms with Gasteiger partial charge in [-0.05, 0) is 53.6 Å². The molecule has 1 aromatic carbocycles. The number of ether oxygens (including phenoxy) is 1. The highest BCUT2D eigenvalue weighted by Gasteiger charge is 2.14. The fraction of sp³-hybridized carbons (Fsp3) is 0.222. The standard InChI is InChI=1S/C18H18N2O3S/c1-12(20-18(22)15-3-2-7-19-10-15)23-11-16(21)13-4-5-17-14(9-13)6-8-24-17/h2-10,12,16,21H,11H2,1H3,(H,20,22)/t12-,16+/m1/s1. The number of aliphatic hydroxyl groups is 1. The lowest BCUT2D eigenvalue weighted by Crippen LogP contribution is -2.35. The van der Waals surface area contributed by atoms with Crippen LogP contribution in [0.15, 0.2) is 54.2 Å². The van der Waals surface area contributed by atoms with E-state index in [-0.39, 0.29) is 12.5 Å². The molecule has 0 saturated carbocycles. The van der Waals surface area contributed by atoms with Crippen LogP contribution in [0.2, 0.25) is 0 Å². The summed E-state index contributed by atoms with van der Waals surface area (Å²) in [7, 11) is 0. The molecule has 0 bridgehead atoms. The van der Waals surface area contributed by atoms with Gasteiger partial charge in [0.15, 0.2) is 0 Å². The van der Waals surface area contributed by atoms with Gasteiger partial charge < -0.3 is 15.2 Å². The Morgan fingerprint density at radius 3 is 3.04 bits per heavy atom.